The van der Waals surface area contributed by atoms with Crippen LogP contribution in [0.25, 0.3) is 6.08 Å². The number of carbonyl (C=O) groups is 3. The van der Waals surface area contributed by atoms with Gasteiger partial charge < -0.3 is 47.2 Å². The highest BCUT2D eigenvalue weighted by Crippen LogP contribution is 2.84. The molecule has 13 heteroatoms. The van der Waals surface area contributed by atoms with Crippen molar-refractivity contribution in [3.63, 3.8) is 0 Å². The monoisotopic (exact) mass is 915 g/mol. The molecule has 9 aliphatic carbocycles. The van der Waals surface area contributed by atoms with Gasteiger partial charge in [-0.15, -0.1) is 11.8 Å². The lowest BCUT2D eigenvalue weighted by Gasteiger charge is -2.71. The number of nitrogens with two attached hydrogens (primary N) is 2. The number of ketones is 2. The second-order valence-corrected chi connectivity index (χ2v) is 22.5. The molecule has 0 aliphatic heterocycles. The van der Waals surface area contributed by atoms with E-state index < -0.39 is 97.9 Å². The van der Waals surface area contributed by atoms with Crippen molar-refractivity contribution in [1.82, 2.24) is 0 Å². The maximum atomic E-state index is 16.1. The Morgan fingerprint density at radius 1 is 0.940 bits per heavy atom. The Balaban J connectivity index is 1.29. The van der Waals surface area contributed by atoms with E-state index in [9.17, 15) is 45.3 Å². The van der Waals surface area contributed by atoms with Crippen molar-refractivity contribution in [2.75, 3.05) is 6.61 Å². The number of aryl methyl sites for hydroxylation is 1. The number of nitrogens with zero attached hydrogens (tertiary/aromatic N) is 1. The van der Waals surface area contributed by atoms with Crippen molar-refractivity contribution >= 4 is 29.6 Å². The SMILES string of the molecule is CC(O)CC(C(=O)O)=C1CCC2(N=C(N)N)C=CC3(CC4(O)C=CC5(O)C6=C7C(=O)CC3(C)C64CCC#CCC3(C)C(=O)CCC7(C)C3C5C3=Cc4ccccc4CC3)C(CCO)C2(O)C1O. The van der Waals surface area contributed by atoms with Crippen LogP contribution in [0, 0.1) is 56.7 Å². The van der Waals surface area contributed by atoms with Crippen LogP contribution in [0.3, 0.4) is 0 Å². The number of hydrogen-bond donors (Lipinski definition) is 9. The lowest BCUT2D eigenvalue weighted by atomic mass is 9.33. The third-order valence-electron chi connectivity index (χ3n) is 19.6. The maximum Gasteiger partial charge on any atom is 0.331 e. The molecule has 10 rings (SSSR count). The van der Waals surface area contributed by atoms with Crippen LogP contribution in [0.1, 0.15) is 116 Å². The van der Waals surface area contributed by atoms with Crippen LogP contribution in [-0.2, 0) is 20.8 Å². The molecule has 0 amide bonds. The second-order valence-electron chi connectivity index (χ2n) is 22.5. The number of aliphatic imine (C=N–C) groups is 1. The molecule has 2 spiro atoms. The summed E-state index contributed by atoms with van der Waals surface area (Å²) < 4.78 is 0. The Morgan fingerprint density at radius 3 is 2.39 bits per heavy atom. The number of hydrogen-bond acceptors (Lipinski definition) is 10. The lowest BCUT2D eigenvalue weighted by Crippen LogP contribution is -2.74. The molecule has 14 unspecified atom stereocenters. The van der Waals surface area contributed by atoms with Crippen LogP contribution in [0.4, 0.5) is 0 Å². The van der Waals surface area contributed by atoms with Gasteiger partial charge in [0.15, 0.2) is 11.7 Å². The number of fused-ring (bicyclic) bond motifs is 4. The zero-order valence-corrected chi connectivity index (χ0v) is 38.9. The van der Waals surface area contributed by atoms with Gasteiger partial charge in [-0.1, -0.05) is 74.9 Å². The van der Waals surface area contributed by atoms with Crippen molar-refractivity contribution in [3.8, 4) is 11.8 Å². The van der Waals surface area contributed by atoms with Gasteiger partial charge in [-0.2, -0.15) is 0 Å². The van der Waals surface area contributed by atoms with Crippen LogP contribution in [0.2, 0.25) is 0 Å². The first-order valence-corrected chi connectivity index (χ1v) is 24.2. The fourth-order valence-electron chi connectivity index (χ4n) is 17.2. The molecule has 13 nitrogen and oxygen atoms in total. The molecular formula is C54H65N3O10. The molecule has 356 valence electrons. The van der Waals surface area contributed by atoms with E-state index in [4.69, 9.17) is 11.5 Å². The highest BCUT2D eigenvalue weighted by Gasteiger charge is 2.86. The van der Waals surface area contributed by atoms with Gasteiger partial charge in [-0.05, 0) is 98.0 Å². The number of benzene rings is 1. The van der Waals surface area contributed by atoms with E-state index in [0.29, 0.717) is 30.4 Å². The molecule has 0 aromatic heterocycles. The van der Waals surface area contributed by atoms with E-state index in [1.54, 1.807) is 18.2 Å². The van der Waals surface area contributed by atoms with Crippen LogP contribution < -0.4 is 11.5 Å². The summed E-state index contributed by atoms with van der Waals surface area (Å²) in [6.45, 7) is 6.89. The predicted molar refractivity (Wildman–Crippen MR) is 249 cm³/mol. The Labute approximate surface area is 391 Å². The molecule has 0 heterocycles. The van der Waals surface area contributed by atoms with Gasteiger partial charge in [-0.25, -0.2) is 9.79 Å². The van der Waals surface area contributed by atoms with Crippen LogP contribution in [0.5, 0.6) is 0 Å². The fourth-order valence-corrected chi connectivity index (χ4v) is 17.2. The lowest BCUT2D eigenvalue weighted by molar-refractivity contribution is -0.208. The highest BCUT2D eigenvalue weighted by atomic mass is 16.4. The first-order chi connectivity index (χ1) is 31.5. The summed E-state index contributed by atoms with van der Waals surface area (Å²) in [4.78, 5) is 48.3. The van der Waals surface area contributed by atoms with Crippen LogP contribution >= 0.6 is 0 Å². The van der Waals surface area contributed by atoms with Crippen molar-refractivity contribution in [3.05, 3.63) is 87.6 Å². The number of allylic oxidation sites excluding steroid dienone is 2. The largest absolute Gasteiger partial charge is 0.478 e. The van der Waals surface area contributed by atoms with Crippen molar-refractivity contribution in [1.29, 1.82) is 0 Å². The second kappa shape index (κ2) is 14.7. The first kappa shape index (κ1) is 46.1. The minimum absolute atomic E-state index is 0.0151. The average Bonchev–Trinajstić information content (AvgIpc) is 3.42. The summed E-state index contributed by atoms with van der Waals surface area (Å²) in [5, 5.41) is 87.4. The number of aliphatic carboxylic acids is 1. The number of carboxylic acid groups (broad SMARTS) is 1. The minimum atomic E-state index is -2.46. The van der Waals surface area contributed by atoms with E-state index in [1.807, 2.05) is 32.1 Å². The maximum absolute atomic E-state index is 16.1. The number of aliphatic hydroxyl groups is 6. The Hall–Kier alpha value is -4.68. The minimum Gasteiger partial charge on any atom is -0.478 e. The smallest absolute Gasteiger partial charge is 0.331 e. The van der Waals surface area contributed by atoms with Gasteiger partial charge in [-0.3, -0.25) is 9.59 Å². The molecule has 0 saturated heterocycles. The van der Waals surface area contributed by atoms with Gasteiger partial charge in [0.25, 0.3) is 0 Å². The summed E-state index contributed by atoms with van der Waals surface area (Å²) in [6, 6.07) is 8.15. The molecule has 4 bridgehead atoms. The number of guanidine groups is 1. The van der Waals surface area contributed by atoms with Gasteiger partial charge in [0.1, 0.15) is 28.6 Å². The van der Waals surface area contributed by atoms with E-state index in [2.05, 4.69) is 42.0 Å². The van der Waals surface area contributed by atoms with E-state index in [1.165, 1.54) is 12.5 Å². The number of carboxylic acids is 1. The number of carbonyl (C=O) groups excluding carboxylic acids is 2. The molecule has 3 fully saturated rings. The average molecular weight is 916 g/mol. The Bertz CT molecular complexity index is 2670. The van der Waals surface area contributed by atoms with Gasteiger partial charge >= 0.3 is 5.97 Å². The Morgan fingerprint density at radius 2 is 1.69 bits per heavy atom. The van der Waals surface area contributed by atoms with Crippen molar-refractivity contribution in [2.45, 2.75) is 146 Å². The molecule has 14 atom stereocenters. The predicted octanol–water partition coefficient (Wildman–Crippen LogP) is 4.13. The molecule has 1 aromatic rings. The van der Waals surface area contributed by atoms with Gasteiger partial charge in [0.05, 0.1) is 11.7 Å². The zero-order valence-electron chi connectivity index (χ0n) is 38.9. The molecule has 11 N–H and O–H groups in total. The highest BCUT2D eigenvalue weighted by molar-refractivity contribution is 6.02. The summed E-state index contributed by atoms with van der Waals surface area (Å²) >= 11 is 0. The molecule has 67 heavy (non-hydrogen) atoms. The number of aliphatic hydroxyl groups excluding tert-OH is 3. The summed E-state index contributed by atoms with van der Waals surface area (Å²) in [6.07, 6.45) is 7.52. The number of Topliss-reactive ketones (excluding diaryl/α,β-unsaturated/α-hetero) is 2. The summed E-state index contributed by atoms with van der Waals surface area (Å²) in [5.74, 6) is 2.30. The summed E-state index contributed by atoms with van der Waals surface area (Å²) in [7, 11) is 0. The first-order valence-electron chi connectivity index (χ1n) is 24.2. The van der Waals surface area contributed by atoms with Gasteiger partial charge in [0.2, 0.25) is 0 Å². The standard InChI is InChI=1S/C54H65N3O10/c1-30(59)26-35(44(63)64)34-14-20-50(57-45(55)56)22-21-49(37(16-25-58)54(50,67)43(34)62)29-51(65)23-24-52(66)39(33-13-12-31-10-6-7-11-32(31)27-33)41-46(2)17-8-5-9-18-53(51)42(52)40(36(60)28-48(49,53)4)47(41,3)19-15-38(46)61/h6-7,10-11,21-24,27,30,37,39,41,43,58-59,62,65-67H,9,12-20,25-26,28-29H2,1-4H3,(H,63,64)(H4,55,56,57). The fraction of sp³-hybridized carbons (Fsp3) is 0.593. The van der Waals surface area contributed by atoms with Crippen LogP contribution in [0.15, 0.2) is 81.4 Å². The molecule has 9 aliphatic rings. The van der Waals surface area contributed by atoms with Crippen LogP contribution in [-0.4, -0.2) is 100 Å². The molecule has 0 radical (unpaired) electrons. The normalized spacial score (nSPS) is 45.6. The number of rotatable bonds is 7. The topological polar surface area (TPSA) is 257 Å². The third kappa shape index (κ3) is 5.49. The molecule has 1 aromatic carbocycles. The zero-order chi connectivity index (χ0) is 48.1. The Kier molecular flexibility index (Phi) is 10.1. The van der Waals surface area contributed by atoms with Crippen molar-refractivity contribution < 1.29 is 50.1 Å². The molecular weight excluding hydrogens is 851 g/mol. The molecule has 3 saturated carbocycles. The van der Waals surface area contributed by atoms with E-state index >= 15 is 4.79 Å². The van der Waals surface area contributed by atoms with Crippen molar-refractivity contribution in [2.24, 2.45) is 61.3 Å². The van der Waals surface area contributed by atoms with Gasteiger partial charge in [0, 0.05) is 83.4 Å². The van der Waals surface area contributed by atoms with E-state index in [-0.39, 0.29) is 86.9 Å². The quantitative estimate of drug-likeness (QED) is 0.0616. The third-order valence-corrected chi connectivity index (χ3v) is 19.6. The summed E-state index contributed by atoms with van der Waals surface area (Å²) in [5.41, 5.74) is 1.71. The van der Waals surface area contributed by atoms with E-state index in [0.717, 1.165) is 11.1 Å².